The van der Waals surface area contributed by atoms with E-state index in [4.69, 9.17) is 10.5 Å². The molecule has 1 aromatic rings. The van der Waals surface area contributed by atoms with Crippen molar-refractivity contribution in [3.63, 3.8) is 0 Å². The minimum atomic E-state index is -0.205. The molecule has 0 atom stereocenters. The molecule has 86 valence electrons. The van der Waals surface area contributed by atoms with Crippen molar-refractivity contribution < 1.29 is 14.3 Å². The fraction of sp³-hybridized carbons (Fsp3) is 0.333. The minimum absolute atomic E-state index is 0.164. The fourth-order valence-electron chi connectivity index (χ4n) is 1.55. The van der Waals surface area contributed by atoms with E-state index in [9.17, 15) is 9.59 Å². The number of carbonyl (C=O) groups excluding carboxylic acids is 2. The van der Waals surface area contributed by atoms with Crippen molar-refractivity contribution in [2.24, 2.45) is 0 Å². The van der Waals surface area contributed by atoms with Crippen molar-refractivity contribution in [2.45, 2.75) is 20.8 Å². The molecule has 0 aliphatic carbocycles. The summed E-state index contributed by atoms with van der Waals surface area (Å²) in [4.78, 5) is 22.7. The van der Waals surface area contributed by atoms with Crippen LogP contribution in [-0.2, 0) is 0 Å². The lowest BCUT2D eigenvalue weighted by Crippen LogP contribution is -2.09. The molecule has 0 amide bonds. The molecule has 4 heteroatoms. The van der Waals surface area contributed by atoms with Crippen LogP contribution in [-0.4, -0.2) is 18.2 Å². The summed E-state index contributed by atoms with van der Waals surface area (Å²) in [5, 5.41) is 0. The van der Waals surface area contributed by atoms with Gasteiger partial charge in [0.05, 0.1) is 17.9 Å². The van der Waals surface area contributed by atoms with E-state index in [1.54, 1.807) is 12.1 Å². The van der Waals surface area contributed by atoms with Gasteiger partial charge in [-0.2, -0.15) is 0 Å². The average Bonchev–Trinajstić information content (AvgIpc) is 2.17. The molecule has 0 saturated carbocycles. The van der Waals surface area contributed by atoms with Crippen LogP contribution in [0.4, 0.5) is 5.69 Å². The Balaban J connectivity index is 3.41. The zero-order chi connectivity index (χ0) is 12.3. The van der Waals surface area contributed by atoms with Gasteiger partial charge in [0.25, 0.3) is 0 Å². The molecule has 0 unspecified atom stereocenters. The molecule has 0 aliphatic heterocycles. The standard InChI is InChI=1S/C12H15NO3/c1-4-16-10-6-5-9(7(2)14)12(13)11(10)8(3)15/h5-6H,4,13H2,1-3H3. The third kappa shape index (κ3) is 2.21. The monoisotopic (exact) mass is 221 g/mol. The predicted octanol–water partition coefficient (Wildman–Crippen LogP) is 2.07. The van der Waals surface area contributed by atoms with E-state index in [1.807, 2.05) is 6.92 Å². The maximum absolute atomic E-state index is 11.5. The van der Waals surface area contributed by atoms with Crippen molar-refractivity contribution >= 4 is 17.3 Å². The molecule has 0 bridgehead atoms. The number of hydrogen-bond acceptors (Lipinski definition) is 4. The van der Waals surface area contributed by atoms with E-state index >= 15 is 0 Å². The molecule has 4 nitrogen and oxygen atoms in total. The van der Waals surface area contributed by atoms with Gasteiger partial charge in [0.15, 0.2) is 11.6 Å². The zero-order valence-corrected chi connectivity index (χ0v) is 9.66. The van der Waals surface area contributed by atoms with Crippen LogP contribution < -0.4 is 10.5 Å². The van der Waals surface area contributed by atoms with Gasteiger partial charge >= 0.3 is 0 Å². The van der Waals surface area contributed by atoms with Crippen molar-refractivity contribution in [1.29, 1.82) is 0 Å². The second kappa shape index (κ2) is 4.79. The quantitative estimate of drug-likeness (QED) is 0.624. The highest BCUT2D eigenvalue weighted by atomic mass is 16.5. The van der Waals surface area contributed by atoms with E-state index in [0.29, 0.717) is 17.9 Å². The van der Waals surface area contributed by atoms with Gasteiger partial charge < -0.3 is 10.5 Å². The molecule has 1 aromatic carbocycles. The van der Waals surface area contributed by atoms with Gasteiger partial charge in [-0.15, -0.1) is 0 Å². The van der Waals surface area contributed by atoms with E-state index in [-0.39, 0.29) is 22.8 Å². The summed E-state index contributed by atoms with van der Waals surface area (Å²) in [6.07, 6.45) is 0. The second-order valence-corrected chi connectivity index (χ2v) is 3.45. The topological polar surface area (TPSA) is 69.4 Å². The Kier molecular flexibility index (Phi) is 3.66. The highest BCUT2D eigenvalue weighted by molar-refractivity contribution is 6.08. The second-order valence-electron chi connectivity index (χ2n) is 3.45. The van der Waals surface area contributed by atoms with Gasteiger partial charge in [-0.3, -0.25) is 9.59 Å². The average molecular weight is 221 g/mol. The molecule has 0 fully saturated rings. The van der Waals surface area contributed by atoms with Crippen molar-refractivity contribution in [2.75, 3.05) is 12.3 Å². The largest absolute Gasteiger partial charge is 0.493 e. The molecule has 0 heterocycles. The van der Waals surface area contributed by atoms with E-state index in [0.717, 1.165) is 0 Å². The number of ketones is 2. The van der Waals surface area contributed by atoms with Crippen molar-refractivity contribution in [1.82, 2.24) is 0 Å². The fourth-order valence-corrected chi connectivity index (χ4v) is 1.55. The van der Waals surface area contributed by atoms with Gasteiger partial charge in [0, 0.05) is 5.56 Å². The molecule has 0 spiro atoms. The van der Waals surface area contributed by atoms with Gasteiger partial charge in [-0.1, -0.05) is 0 Å². The first-order chi connectivity index (χ1) is 7.49. The van der Waals surface area contributed by atoms with Gasteiger partial charge in [-0.25, -0.2) is 0 Å². The van der Waals surface area contributed by atoms with Crippen molar-refractivity contribution in [3.05, 3.63) is 23.3 Å². The molecule has 0 saturated heterocycles. The summed E-state index contributed by atoms with van der Waals surface area (Å²) in [6.45, 7) is 5.08. The number of nitrogens with two attached hydrogens (primary N) is 1. The van der Waals surface area contributed by atoms with Crippen LogP contribution >= 0.6 is 0 Å². The number of carbonyl (C=O) groups is 2. The summed E-state index contributed by atoms with van der Waals surface area (Å²) >= 11 is 0. The summed E-state index contributed by atoms with van der Waals surface area (Å²) in [5.41, 5.74) is 6.64. The highest BCUT2D eigenvalue weighted by Crippen LogP contribution is 2.28. The highest BCUT2D eigenvalue weighted by Gasteiger charge is 2.17. The number of anilines is 1. The van der Waals surface area contributed by atoms with Crippen LogP contribution in [0, 0.1) is 0 Å². The Morgan fingerprint density at radius 1 is 1.25 bits per heavy atom. The number of nitrogen functional groups attached to an aromatic ring is 1. The Labute approximate surface area is 94.4 Å². The molecule has 1 rings (SSSR count). The lowest BCUT2D eigenvalue weighted by molar-refractivity contribution is 0.101. The van der Waals surface area contributed by atoms with Crippen molar-refractivity contribution in [3.8, 4) is 5.75 Å². The SMILES string of the molecule is CCOc1ccc(C(C)=O)c(N)c1C(C)=O. The smallest absolute Gasteiger partial charge is 0.165 e. The zero-order valence-electron chi connectivity index (χ0n) is 9.66. The maximum Gasteiger partial charge on any atom is 0.165 e. The van der Waals surface area contributed by atoms with Gasteiger partial charge in [-0.05, 0) is 32.9 Å². The molecule has 0 aromatic heterocycles. The first kappa shape index (κ1) is 12.2. The number of ether oxygens (including phenoxy) is 1. The number of hydrogen-bond donors (Lipinski definition) is 1. The van der Waals surface area contributed by atoms with Gasteiger partial charge in [0.2, 0.25) is 0 Å². The Hall–Kier alpha value is -1.84. The summed E-state index contributed by atoms with van der Waals surface area (Å²) in [6, 6.07) is 3.18. The maximum atomic E-state index is 11.5. The summed E-state index contributed by atoms with van der Waals surface area (Å²) in [7, 11) is 0. The lowest BCUT2D eigenvalue weighted by atomic mass is 10.0. The third-order valence-electron chi connectivity index (χ3n) is 2.24. The normalized spacial score (nSPS) is 9.94. The first-order valence-corrected chi connectivity index (χ1v) is 5.06. The lowest BCUT2D eigenvalue weighted by Gasteiger charge is -2.12. The van der Waals surface area contributed by atoms with Crippen LogP contribution in [0.25, 0.3) is 0 Å². The first-order valence-electron chi connectivity index (χ1n) is 5.06. The Morgan fingerprint density at radius 3 is 2.31 bits per heavy atom. The summed E-state index contributed by atoms with van der Waals surface area (Å²) < 4.78 is 5.30. The van der Waals surface area contributed by atoms with E-state index in [2.05, 4.69) is 0 Å². The molecule has 2 N–H and O–H groups in total. The number of Topliss-reactive ketones (excluding diaryl/α,β-unsaturated/α-hetero) is 2. The Morgan fingerprint density at radius 2 is 1.88 bits per heavy atom. The van der Waals surface area contributed by atoms with Crippen LogP contribution in [0.15, 0.2) is 12.1 Å². The predicted molar refractivity (Wildman–Crippen MR) is 62.0 cm³/mol. The minimum Gasteiger partial charge on any atom is -0.493 e. The molecule has 16 heavy (non-hydrogen) atoms. The Bertz CT molecular complexity index is 438. The van der Waals surface area contributed by atoms with Gasteiger partial charge in [0.1, 0.15) is 5.75 Å². The third-order valence-corrected chi connectivity index (χ3v) is 2.24. The molecular weight excluding hydrogens is 206 g/mol. The van der Waals surface area contributed by atoms with Crippen LogP contribution in [0.3, 0.4) is 0 Å². The number of rotatable bonds is 4. The summed E-state index contributed by atoms with van der Waals surface area (Å²) in [5.74, 6) is 0.0598. The van der Waals surface area contributed by atoms with E-state index < -0.39 is 0 Å². The van der Waals surface area contributed by atoms with Crippen LogP contribution in [0.2, 0.25) is 0 Å². The number of benzene rings is 1. The molecule has 0 radical (unpaired) electrons. The molecular formula is C12H15NO3. The van der Waals surface area contributed by atoms with Crippen LogP contribution in [0.1, 0.15) is 41.5 Å². The molecule has 0 aliphatic rings. The van der Waals surface area contributed by atoms with Crippen LogP contribution in [0.5, 0.6) is 5.75 Å². The van der Waals surface area contributed by atoms with E-state index in [1.165, 1.54) is 13.8 Å².